The topological polar surface area (TPSA) is 43.4 Å². The summed E-state index contributed by atoms with van der Waals surface area (Å²) in [5.41, 5.74) is 0.862. The van der Waals surface area contributed by atoms with Crippen LogP contribution in [-0.2, 0) is 14.3 Å². The quantitative estimate of drug-likeness (QED) is 0.626. The van der Waals surface area contributed by atoms with Gasteiger partial charge in [-0.1, -0.05) is 18.2 Å². The second-order valence-electron chi connectivity index (χ2n) is 2.72. The normalized spacial score (nSPS) is 12.1. The smallest absolute Gasteiger partial charge is 0.267 e. The van der Waals surface area contributed by atoms with Crippen LogP contribution < -0.4 is 0 Å². The third-order valence-corrected chi connectivity index (χ3v) is 3.62. The van der Waals surface area contributed by atoms with Crippen LogP contribution in [-0.4, -0.2) is 15.0 Å². The zero-order chi connectivity index (χ0) is 11.3. The van der Waals surface area contributed by atoms with Gasteiger partial charge in [-0.2, -0.15) is 8.42 Å². The molecule has 0 spiro atoms. The zero-order valence-electron chi connectivity index (χ0n) is 8.18. The van der Waals surface area contributed by atoms with Gasteiger partial charge in [0, 0.05) is 3.57 Å². The highest BCUT2D eigenvalue weighted by atomic mass is 127. The van der Waals surface area contributed by atoms with Crippen LogP contribution in [0.2, 0.25) is 0 Å². The highest BCUT2D eigenvalue weighted by Crippen LogP contribution is 2.13. The molecule has 0 N–H and O–H groups in total. The maximum Gasteiger partial charge on any atom is 0.290 e. The molecule has 82 valence electrons. The SMILES string of the molecule is CCOS(=O)(=O)/C=C/c1ccccc1I. The average Bonchev–Trinajstić information content (AvgIpc) is 2.16. The molecule has 0 amide bonds. The van der Waals surface area contributed by atoms with Gasteiger partial charge in [0.1, 0.15) is 0 Å². The highest BCUT2D eigenvalue weighted by Gasteiger charge is 2.03. The van der Waals surface area contributed by atoms with Gasteiger partial charge >= 0.3 is 0 Å². The van der Waals surface area contributed by atoms with Crippen LogP contribution in [0.1, 0.15) is 12.5 Å². The Kier molecular flexibility index (Phi) is 4.75. The molecule has 0 fully saturated rings. The van der Waals surface area contributed by atoms with E-state index in [0.717, 1.165) is 14.5 Å². The molecule has 1 aromatic rings. The van der Waals surface area contributed by atoms with Crippen molar-refractivity contribution in [2.75, 3.05) is 6.61 Å². The van der Waals surface area contributed by atoms with E-state index >= 15 is 0 Å². The first-order chi connectivity index (χ1) is 7.05. The molecule has 0 saturated carbocycles. The Morgan fingerprint density at radius 3 is 2.67 bits per heavy atom. The van der Waals surface area contributed by atoms with Crippen molar-refractivity contribution in [3.63, 3.8) is 0 Å². The second-order valence-corrected chi connectivity index (χ2v) is 5.38. The van der Waals surface area contributed by atoms with E-state index in [1.54, 1.807) is 6.92 Å². The van der Waals surface area contributed by atoms with Crippen molar-refractivity contribution in [3.05, 3.63) is 38.8 Å². The summed E-state index contributed by atoms with van der Waals surface area (Å²) in [6.07, 6.45) is 1.53. The molecule has 0 saturated heterocycles. The first-order valence-electron chi connectivity index (χ1n) is 4.37. The molecule has 1 rings (SSSR count). The van der Waals surface area contributed by atoms with Crippen molar-refractivity contribution in [3.8, 4) is 0 Å². The molecule has 0 aromatic heterocycles. The monoisotopic (exact) mass is 338 g/mol. The Morgan fingerprint density at radius 2 is 2.07 bits per heavy atom. The Bertz CT molecular complexity index is 451. The molecule has 5 heteroatoms. The fourth-order valence-electron chi connectivity index (χ4n) is 0.970. The van der Waals surface area contributed by atoms with Gasteiger partial charge in [0.15, 0.2) is 0 Å². The Hall–Kier alpha value is -0.400. The van der Waals surface area contributed by atoms with E-state index in [2.05, 4.69) is 26.8 Å². The molecule has 0 unspecified atom stereocenters. The lowest BCUT2D eigenvalue weighted by Gasteiger charge is -1.98. The highest BCUT2D eigenvalue weighted by molar-refractivity contribution is 14.1. The molecule has 0 radical (unpaired) electrons. The number of hydrogen-bond donors (Lipinski definition) is 0. The van der Waals surface area contributed by atoms with Crippen LogP contribution in [0.5, 0.6) is 0 Å². The van der Waals surface area contributed by atoms with E-state index in [1.165, 1.54) is 6.08 Å². The fraction of sp³-hybridized carbons (Fsp3) is 0.200. The molecule has 0 atom stereocenters. The van der Waals surface area contributed by atoms with Crippen molar-refractivity contribution in [1.82, 2.24) is 0 Å². The number of rotatable bonds is 4. The van der Waals surface area contributed by atoms with Gasteiger partial charge in [0.25, 0.3) is 10.1 Å². The molecule has 15 heavy (non-hydrogen) atoms. The molecule has 1 aromatic carbocycles. The molecular formula is C10H11IO3S. The Labute approximate surface area is 103 Å². The van der Waals surface area contributed by atoms with Crippen LogP contribution in [0.15, 0.2) is 29.7 Å². The summed E-state index contributed by atoms with van der Waals surface area (Å²) in [5, 5.41) is 1.08. The number of hydrogen-bond acceptors (Lipinski definition) is 3. The van der Waals surface area contributed by atoms with Gasteiger partial charge in [0.2, 0.25) is 0 Å². The third kappa shape index (κ3) is 4.31. The van der Waals surface area contributed by atoms with Crippen LogP contribution in [0.25, 0.3) is 6.08 Å². The molecule has 0 aliphatic heterocycles. The van der Waals surface area contributed by atoms with E-state index in [9.17, 15) is 8.42 Å². The van der Waals surface area contributed by atoms with Crippen LogP contribution in [0.3, 0.4) is 0 Å². The average molecular weight is 338 g/mol. The van der Waals surface area contributed by atoms with E-state index in [1.807, 2.05) is 24.3 Å². The van der Waals surface area contributed by atoms with E-state index in [-0.39, 0.29) is 6.61 Å². The molecule has 0 heterocycles. The summed E-state index contributed by atoms with van der Waals surface area (Å²) in [7, 11) is -3.53. The minimum absolute atomic E-state index is 0.151. The minimum Gasteiger partial charge on any atom is -0.267 e. The van der Waals surface area contributed by atoms with Gasteiger partial charge in [-0.25, -0.2) is 0 Å². The summed E-state index contributed by atoms with van der Waals surface area (Å²) in [6.45, 7) is 1.79. The lowest BCUT2D eigenvalue weighted by atomic mass is 10.2. The molecular weight excluding hydrogens is 327 g/mol. The molecule has 0 bridgehead atoms. The molecule has 0 aliphatic carbocycles. The van der Waals surface area contributed by atoms with Crippen LogP contribution >= 0.6 is 22.6 Å². The predicted molar refractivity (Wildman–Crippen MR) is 68.7 cm³/mol. The Morgan fingerprint density at radius 1 is 1.40 bits per heavy atom. The molecule has 0 aliphatic rings. The minimum atomic E-state index is -3.53. The van der Waals surface area contributed by atoms with Crippen molar-refractivity contribution in [2.45, 2.75) is 6.92 Å². The summed E-state index contributed by atoms with van der Waals surface area (Å²) in [6, 6.07) is 7.51. The van der Waals surface area contributed by atoms with Crippen LogP contribution in [0.4, 0.5) is 0 Å². The lowest BCUT2D eigenvalue weighted by molar-refractivity contribution is 0.345. The first kappa shape index (κ1) is 12.7. The molecule has 3 nitrogen and oxygen atoms in total. The lowest BCUT2D eigenvalue weighted by Crippen LogP contribution is -2.00. The summed E-state index contributed by atoms with van der Waals surface area (Å²) >= 11 is 2.15. The van der Waals surface area contributed by atoms with Crippen molar-refractivity contribution in [2.24, 2.45) is 0 Å². The van der Waals surface area contributed by atoms with Crippen molar-refractivity contribution in [1.29, 1.82) is 0 Å². The van der Waals surface area contributed by atoms with Crippen molar-refractivity contribution < 1.29 is 12.6 Å². The van der Waals surface area contributed by atoms with Gasteiger partial charge in [-0.05, 0) is 47.2 Å². The van der Waals surface area contributed by atoms with E-state index in [4.69, 9.17) is 0 Å². The van der Waals surface area contributed by atoms with Crippen molar-refractivity contribution >= 4 is 38.8 Å². The first-order valence-corrected chi connectivity index (χ1v) is 6.92. The fourth-order valence-corrected chi connectivity index (χ4v) is 2.26. The van der Waals surface area contributed by atoms with E-state index < -0.39 is 10.1 Å². The summed E-state index contributed by atoms with van der Waals surface area (Å²) in [5.74, 6) is 0. The van der Waals surface area contributed by atoms with Gasteiger partial charge in [-0.15, -0.1) is 0 Å². The van der Waals surface area contributed by atoms with Gasteiger partial charge in [-0.3, -0.25) is 4.18 Å². The number of benzene rings is 1. The van der Waals surface area contributed by atoms with E-state index in [0.29, 0.717) is 0 Å². The summed E-state index contributed by atoms with van der Waals surface area (Å²) in [4.78, 5) is 0. The maximum atomic E-state index is 11.2. The largest absolute Gasteiger partial charge is 0.290 e. The maximum absolute atomic E-state index is 11.2. The standard InChI is InChI=1S/C10H11IO3S/c1-2-14-15(12,13)8-7-9-5-3-4-6-10(9)11/h3-8H,2H2,1H3/b8-7+. The van der Waals surface area contributed by atoms with Gasteiger partial charge < -0.3 is 0 Å². The van der Waals surface area contributed by atoms with Gasteiger partial charge in [0.05, 0.1) is 12.0 Å². The van der Waals surface area contributed by atoms with Crippen LogP contribution in [0, 0.1) is 3.57 Å². The Balaban J connectivity index is 2.87. The summed E-state index contributed by atoms with van der Waals surface area (Å²) < 4.78 is 28.0. The second kappa shape index (κ2) is 5.62. The zero-order valence-corrected chi connectivity index (χ0v) is 11.2. The number of halogens is 1. The third-order valence-electron chi connectivity index (χ3n) is 1.60. The predicted octanol–water partition coefficient (Wildman–Crippen LogP) is 2.63.